The van der Waals surface area contributed by atoms with Crippen molar-refractivity contribution in [3.63, 3.8) is 0 Å². The lowest BCUT2D eigenvalue weighted by Gasteiger charge is -2.33. The Balaban J connectivity index is 1.81. The molecule has 1 atom stereocenters. The number of nitrogens with one attached hydrogen (secondary N) is 2. The summed E-state index contributed by atoms with van der Waals surface area (Å²) in [5, 5.41) is 6.10. The molecule has 0 bridgehead atoms. The smallest absolute Gasteiger partial charge is 0.253 e. The zero-order valence-electron chi connectivity index (χ0n) is 13.3. The number of rotatable bonds is 5. The van der Waals surface area contributed by atoms with Crippen LogP contribution >= 0.6 is 0 Å². The average Bonchev–Trinajstić information content (AvgIpc) is 2.56. The van der Waals surface area contributed by atoms with E-state index < -0.39 is 0 Å². The molecule has 1 aliphatic heterocycles. The van der Waals surface area contributed by atoms with E-state index >= 15 is 0 Å². The van der Waals surface area contributed by atoms with E-state index in [4.69, 9.17) is 0 Å². The third-order valence-corrected chi connectivity index (χ3v) is 4.11. The predicted octanol–water partition coefficient (Wildman–Crippen LogP) is 1.26. The van der Waals surface area contributed by atoms with Crippen LogP contribution in [-0.2, 0) is 4.79 Å². The van der Waals surface area contributed by atoms with Crippen molar-refractivity contribution in [1.29, 1.82) is 0 Å². The fourth-order valence-electron chi connectivity index (χ4n) is 2.73. The van der Waals surface area contributed by atoms with Gasteiger partial charge in [0.15, 0.2) is 0 Å². The number of carbonyl (C=O) groups is 2. The Morgan fingerprint density at radius 2 is 1.86 bits per heavy atom. The summed E-state index contributed by atoms with van der Waals surface area (Å²) in [6, 6.07) is 9.52. The van der Waals surface area contributed by atoms with E-state index in [9.17, 15) is 9.59 Å². The molecule has 1 unspecified atom stereocenters. The van der Waals surface area contributed by atoms with Gasteiger partial charge in [0.05, 0.1) is 0 Å². The molecular weight excluding hydrogens is 278 g/mol. The minimum absolute atomic E-state index is 0.0334. The van der Waals surface area contributed by atoms with Gasteiger partial charge in [-0.2, -0.15) is 0 Å². The number of likely N-dealkylation sites (tertiary alicyclic amines) is 1. The molecule has 0 aliphatic carbocycles. The van der Waals surface area contributed by atoms with Crippen molar-refractivity contribution < 1.29 is 9.59 Å². The molecule has 120 valence electrons. The topological polar surface area (TPSA) is 61.4 Å². The van der Waals surface area contributed by atoms with Crippen molar-refractivity contribution in [2.45, 2.75) is 25.8 Å². The quantitative estimate of drug-likeness (QED) is 0.861. The molecule has 0 aromatic heterocycles. The molecule has 0 saturated carbocycles. The average molecular weight is 303 g/mol. The van der Waals surface area contributed by atoms with Crippen molar-refractivity contribution in [3.8, 4) is 0 Å². The number of amides is 2. The van der Waals surface area contributed by atoms with Gasteiger partial charge >= 0.3 is 0 Å². The summed E-state index contributed by atoms with van der Waals surface area (Å²) in [6.45, 7) is 3.98. The molecule has 22 heavy (non-hydrogen) atoms. The highest BCUT2D eigenvalue weighted by molar-refractivity contribution is 5.94. The summed E-state index contributed by atoms with van der Waals surface area (Å²) in [7, 11) is 1.84. The van der Waals surface area contributed by atoms with Gasteiger partial charge in [-0.15, -0.1) is 0 Å². The predicted molar refractivity (Wildman–Crippen MR) is 86.6 cm³/mol. The van der Waals surface area contributed by atoms with Crippen LogP contribution in [0.3, 0.4) is 0 Å². The molecule has 1 fully saturated rings. The molecule has 1 heterocycles. The van der Waals surface area contributed by atoms with Crippen LogP contribution in [0.2, 0.25) is 0 Å². The molecule has 1 saturated heterocycles. The molecule has 1 aromatic carbocycles. The van der Waals surface area contributed by atoms with Gasteiger partial charge in [0, 0.05) is 37.2 Å². The molecule has 5 heteroatoms. The van der Waals surface area contributed by atoms with Crippen LogP contribution in [0.25, 0.3) is 0 Å². The number of piperidine rings is 1. The first kappa shape index (κ1) is 16.5. The van der Waals surface area contributed by atoms with Crippen molar-refractivity contribution in [2.24, 2.45) is 5.92 Å². The van der Waals surface area contributed by atoms with Gasteiger partial charge in [0.2, 0.25) is 5.91 Å². The van der Waals surface area contributed by atoms with Crippen LogP contribution in [0.5, 0.6) is 0 Å². The maximum Gasteiger partial charge on any atom is 0.253 e. The van der Waals surface area contributed by atoms with Crippen LogP contribution in [-0.4, -0.2) is 49.4 Å². The second-order valence-electron chi connectivity index (χ2n) is 5.90. The minimum atomic E-state index is -0.0334. The third-order valence-electron chi connectivity index (χ3n) is 4.11. The Morgan fingerprint density at radius 1 is 1.23 bits per heavy atom. The van der Waals surface area contributed by atoms with E-state index in [0.29, 0.717) is 19.6 Å². The second-order valence-corrected chi connectivity index (χ2v) is 5.90. The molecule has 2 amide bonds. The first-order valence-corrected chi connectivity index (χ1v) is 7.91. The highest BCUT2D eigenvalue weighted by Gasteiger charge is 2.25. The van der Waals surface area contributed by atoms with Crippen LogP contribution in [0, 0.1) is 5.92 Å². The summed E-state index contributed by atoms with van der Waals surface area (Å²) in [5.74, 6) is 0.130. The van der Waals surface area contributed by atoms with Crippen molar-refractivity contribution >= 4 is 11.8 Å². The fourth-order valence-corrected chi connectivity index (χ4v) is 2.73. The van der Waals surface area contributed by atoms with Gasteiger partial charge in [-0.3, -0.25) is 9.59 Å². The van der Waals surface area contributed by atoms with Gasteiger partial charge in [0.25, 0.3) is 5.91 Å². The molecule has 1 aliphatic rings. The van der Waals surface area contributed by atoms with E-state index in [2.05, 4.69) is 10.6 Å². The van der Waals surface area contributed by atoms with Gasteiger partial charge in [0.1, 0.15) is 0 Å². The SMILES string of the molecule is CNCC(C)C(=O)NC1CCN(C(=O)c2ccccc2)CC1. The van der Waals surface area contributed by atoms with E-state index in [-0.39, 0.29) is 23.8 Å². The first-order valence-electron chi connectivity index (χ1n) is 7.91. The van der Waals surface area contributed by atoms with Crippen LogP contribution in [0.4, 0.5) is 0 Å². The monoisotopic (exact) mass is 303 g/mol. The van der Waals surface area contributed by atoms with Crippen LogP contribution < -0.4 is 10.6 Å². The van der Waals surface area contributed by atoms with E-state index in [1.54, 1.807) is 0 Å². The molecule has 0 spiro atoms. The van der Waals surface area contributed by atoms with Gasteiger partial charge in [-0.05, 0) is 32.0 Å². The number of hydrogen-bond acceptors (Lipinski definition) is 3. The largest absolute Gasteiger partial charge is 0.353 e. The lowest BCUT2D eigenvalue weighted by atomic mass is 10.0. The Labute approximate surface area is 132 Å². The Hall–Kier alpha value is -1.88. The van der Waals surface area contributed by atoms with E-state index in [0.717, 1.165) is 18.4 Å². The van der Waals surface area contributed by atoms with Gasteiger partial charge in [-0.1, -0.05) is 25.1 Å². The normalized spacial score (nSPS) is 17.1. The van der Waals surface area contributed by atoms with E-state index in [1.807, 2.05) is 49.2 Å². The van der Waals surface area contributed by atoms with Crippen LogP contribution in [0.15, 0.2) is 30.3 Å². The molecule has 2 N–H and O–H groups in total. The van der Waals surface area contributed by atoms with Gasteiger partial charge in [-0.25, -0.2) is 0 Å². The zero-order chi connectivity index (χ0) is 15.9. The summed E-state index contributed by atoms with van der Waals surface area (Å²) in [6.07, 6.45) is 1.63. The number of benzene rings is 1. The van der Waals surface area contributed by atoms with Crippen LogP contribution in [0.1, 0.15) is 30.1 Å². The summed E-state index contributed by atoms with van der Waals surface area (Å²) in [4.78, 5) is 26.2. The lowest BCUT2D eigenvalue weighted by Crippen LogP contribution is -2.48. The summed E-state index contributed by atoms with van der Waals surface area (Å²) >= 11 is 0. The molecule has 0 radical (unpaired) electrons. The van der Waals surface area contributed by atoms with Crippen molar-refractivity contribution in [3.05, 3.63) is 35.9 Å². The highest BCUT2D eigenvalue weighted by atomic mass is 16.2. The first-order chi connectivity index (χ1) is 10.6. The second kappa shape index (κ2) is 7.94. The summed E-state index contributed by atoms with van der Waals surface area (Å²) in [5.41, 5.74) is 0.729. The third kappa shape index (κ3) is 4.31. The lowest BCUT2D eigenvalue weighted by molar-refractivity contribution is -0.125. The summed E-state index contributed by atoms with van der Waals surface area (Å²) < 4.78 is 0. The molecule has 2 rings (SSSR count). The zero-order valence-corrected chi connectivity index (χ0v) is 13.3. The van der Waals surface area contributed by atoms with E-state index in [1.165, 1.54) is 0 Å². The fraction of sp³-hybridized carbons (Fsp3) is 0.529. The maximum absolute atomic E-state index is 12.4. The Morgan fingerprint density at radius 3 is 2.45 bits per heavy atom. The van der Waals surface area contributed by atoms with Gasteiger partial charge < -0.3 is 15.5 Å². The van der Waals surface area contributed by atoms with Crippen molar-refractivity contribution in [2.75, 3.05) is 26.7 Å². The maximum atomic E-state index is 12.4. The molecular formula is C17H25N3O2. The Bertz CT molecular complexity index is 496. The number of nitrogens with zero attached hydrogens (tertiary/aromatic N) is 1. The molecule has 5 nitrogen and oxygen atoms in total. The standard InChI is InChI=1S/C17H25N3O2/c1-13(12-18-2)16(21)19-15-8-10-20(11-9-15)17(22)14-6-4-3-5-7-14/h3-7,13,15,18H,8-12H2,1-2H3,(H,19,21). The number of carbonyl (C=O) groups excluding carboxylic acids is 2. The number of hydrogen-bond donors (Lipinski definition) is 2. The Kier molecular flexibility index (Phi) is 5.95. The van der Waals surface area contributed by atoms with Crippen molar-refractivity contribution in [1.82, 2.24) is 15.5 Å². The minimum Gasteiger partial charge on any atom is -0.353 e. The highest BCUT2D eigenvalue weighted by Crippen LogP contribution is 2.14. The molecule has 1 aromatic rings.